The zero-order valence-electron chi connectivity index (χ0n) is 12.2. The third-order valence-electron chi connectivity index (χ3n) is 3.40. The predicted molar refractivity (Wildman–Crippen MR) is 72.7 cm³/mol. The topological polar surface area (TPSA) is 12.0 Å². The van der Waals surface area contributed by atoms with Crippen LogP contribution in [0.4, 0.5) is 0 Å². The van der Waals surface area contributed by atoms with Crippen molar-refractivity contribution in [3.63, 3.8) is 0 Å². The highest BCUT2D eigenvalue weighted by molar-refractivity contribution is 4.87. The normalized spacial score (nSPS) is 28.1. The minimum Gasteiger partial charge on any atom is -0.309 e. The van der Waals surface area contributed by atoms with Crippen molar-refractivity contribution in [1.29, 1.82) is 0 Å². The second-order valence-electron chi connectivity index (χ2n) is 7.81. The van der Waals surface area contributed by atoms with Gasteiger partial charge in [0.25, 0.3) is 0 Å². The standard InChI is InChI=1S/C15H31N/c1-14(2,3)11-12-9-7-8-10-13(12)16-15(4,5)6/h12-13,16H,7-11H2,1-6H3. The first kappa shape index (κ1) is 14.0. The number of nitrogens with one attached hydrogen (secondary N) is 1. The second kappa shape index (κ2) is 5.08. The maximum atomic E-state index is 3.83. The van der Waals surface area contributed by atoms with E-state index in [0.29, 0.717) is 5.41 Å². The average Bonchev–Trinajstić information content (AvgIpc) is 2.03. The molecule has 0 spiro atoms. The summed E-state index contributed by atoms with van der Waals surface area (Å²) in [5.74, 6) is 0.882. The molecule has 16 heavy (non-hydrogen) atoms. The van der Waals surface area contributed by atoms with Crippen LogP contribution in [0.25, 0.3) is 0 Å². The molecule has 0 saturated heterocycles. The molecule has 1 nitrogen and oxygen atoms in total. The summed E-state index contributed by atoms with van der Waals surface area (Å²) in [5, 5.41) is 3.83. The summed E-state index contributed by atoms with van der Waals surface area (Å²) >= 11 is 0. The SMILES string of the molecule is CC(C)(C)CC1CCCCC1NC(C)(C)C. The molecule has 1 N–H and O–H groups in total. The van der Waals surface area contributed by atoms with Crippen molar-refractivity contribution >= 4 is 0 Å². The quantitative estimate of drug-likeness (QED) is 0.736. The Hall–Kier alpha value is -0.0400. The third-order valence-corrected chi connectivity index (χ3v) is 3.40. The van der Waals surface area contributed by atoms with Gasteiger partial charge in [-0.25, -0.2) is 0 Å². The van der Waals surface area contributed by atoms with Gasteiger partial charge in [-0.15, -0.1) is 0 Å². The molecule has 0 amide bonds. The molecule has 1 aliphatic rings. The Labute approximate surface area is 102 Å². The Morgan fingerprint density at radius 2 is 1.50 bits per heavy atom. The van der Waals surface area contributed by atoms with Crippen LogP contribution in [0.15, 0.2) is 0 Å². The van der Waals surface area contributed by atoms with E-state index >= 15 is 0 Å². The van der Waals surface area contributed by atoms with Crippen molar-refractivity contribution in [2.24, 2.45) is 11.3 Å². The van der Waals surface area contributed by atoms with Crippen molar-refractivity contribution in [3.05, 3.63) is 0 Å². The number of hydrogen-bond donors (Lipinski definition) is 1. The molecule has 1 fully saturated rings. The van der Waals surface area contributed by atoms with Crippen molar-refractivity contribution in [1.82, 2.24) is 5.32 Å². The van der Waals surface area contributed by atoms with Gasteiger partial charge in [0.1, 0.15) is 0 Å². The molecule has 0 aliphatic heterocycles. The van der Waals surface area contributed by atoms with Crippen LogP contribution in [-0.2, 0) is 0 Å². The van der Waals surface area contributed by atoms with Crippen LogP contribution in [0.2, 0.25) is 0 Å². The zero-order chi connectivity index (χ0) is 12.4. The largest absolute Gasteiger partial charge is 0.309 e. The van der Waals surface area contributed by atoms with E-state index in [4.69, 9.17) is 0 Å². The summed E-state index contributed by atoms with van der Waals surface area (Å²) in [6.07, 6.45) is 7.00. The van der Waals surface area contributed by atoms with Crippen molar-refractivity contribution in [3.8, 4) is 0 Å². The first-order valence-corrected chi connectivity index (χ1v) is 6.95. The van der Waals surface area contributed by atoms with Gasteiger partial charge in [0.15, 0.2) is 0 Å². The van der Waals surface area contributed by atoms with Gasteiger partial charge < -0.3 is 5.32 Å². The number of hydrogen-bond acceptors (Lipinski definition) is 1. The van der Waals surface area contributed by atoms with Crippen LogP contribution < -0.4 is 5.32 Å². The van der Waals surface area contributed by atoms with Crippen LogP contribution in [-0.4, -0.2) is 11.6 Å². The molecular formula is C15H31N. The van der Waals surface area contributed by atoms with E-state index in [2.05, 4.69) is 46.9 Å². The van der Waals surface area contributed by atoms with Gasteiger partial charge in [-0.1, -0.05) is 33.6 Å². The van der Waals surface area contributed by atoms with E-state index in [-0.39, 0.29) is 5.54 Å². The van der Waals surface area contributed by atoms with Crippen LogP contribution in [0.5, 0.6) is 0 Å². The van der Waals surface area contributed by atoms with Crippen LogP contribution in [0, 0.1) is 11.3 Å². The fraction of sp³-hybridized carbons (Fsp3) is 1.00. The number of rotatable bonds is 2. The summed E-state index contributed by atoms with van der Waals surface area (Å²) in [7, 11) is 0. The first-order valence-electron chi connectivity index (χ1n) is 6.95. The minimum absolute atomic E-state index is 0.262. The maximum Gasteiger partial charge on any atom is 0.0100 e. The van der Waals surface area contributed by atoms with Gasteiger partial charge in [-0.2, -0.15) is 0 Å². The Morgan fingerprint density at radius 3 is 2.00 bits per heavy atom. The summed E-state index contributed by atoms with van der Waals surface area (Å²) < 4.78 is 0. The summed E-state index contributed by atoms with van der Waals surface area (Å²) in [6, 6.07) is 0.743. The average molecular weight is 225 g/mol. The highest BCUT2D eigenvalue weighted by Crippen LogP contribution is 2.35. The maximum absolute atomic E-state index is 3.83. The lowest BCUT2D eigenvalue weighted by Crippen LogP contribution is -2.49. The highest BCUT2D eigenvalue weighted by atomic mass is 15.0. The monoisotopic (exact) mass is 225 g/mol. The fourth-order valence-electron chi connectivity index (χ4n) is 2.98. The molecule has 0 aromatic heterocycles. The minimum atomic E-state index is 0.262. The summed E-state index contributed by atoms with van der Waals surface area (Å²) in [4.78, 5) is 0. The Balaban J connectivity index is 2.57. The van der Waals surface area contributed by atoms with Crippen molar-refractivity contribution in [2.45, 2.75) is 85.2 Å². The smallest absolute Gasteiger partial charge is 0.0100 e. The second-order valence-corrected chi connectivity index (χ2v) is 7.81. The summed E-state index contributed by atoms with van der Waals surface area (Å²) in [6.45, 7) is 14.0. The van der Waals surface area contributed by atoms with E-state index in [9.17, 15) is 0 Å². The molecule has 0 bridgehead atoms. The zero-order valence-corrected chi connectivity index (χ0v) is 12.2. The molecule has 0 aromatic carbocycles. The van der Waals surface area contributed by atoms with E-state index < -0.39 is 0 Å². The molecular weight excluding hydrogens is 194 g/mol. The van der Waals surface area contributed by atoms with Crippen LogP contribution in [0.3, 0.4) is 0 Å². The fourth-order valence-corrected chi connectivity index (χ4v) is 2.98. The van der Waals surface area contributed by atoms with Crippen LogP contribution >= 0.6 is 0 Å². The van der Waals surface area contributed by atoms with E-state index in [1.54, 1.807) is 0 Å². The lowest BCUT2D eigenvalue weighted by Gasteiger charge is -2.40. The van der Waals surface area contributed by atoms with Gasteiger partial charge in [0.2, 0.25) is 0 Å². The summed E-state index contributed by atoms with van der Waals surface area (Å²) in [5.41, 5.74) is 0.734. The van der Waals surface area contributed by atoms with Gasteiger partial charge in [0, 0.05) is 11.6 Å². The Kier molecular flexibility index (Phi) is 4.45. The Morgan fingerprint density at radius 1 is 0.938 bits per heavy atom. The molecule has 1 heteroatoms. The lowest BCUT2D eigenvalue weighted by atomic mass is 9.74. The first-order chi connectivity index (χ1) is 7.17. The molecule has 0 aromatic rings. The van der Waals surface area contributed by atoms with E-state index in [1.807, 2.05) is 0 Å². The highest BCUT2D eigenvalue weighted by Gasteiger charge is 2.30. The molecule has 2 atom stereocenters. The third kappa shape index (κ3) is 5.34. The van der Waals surface area contributed by atoms with Gasteiger partial charge in [-0.3, -0.25) is 0 Å². The van der Waals surface area contributed by atoms with E-state index in [0.717, 1.165) is 12.0 Å². The molecule has 0 heterocycles. The molecule has 1 aliphatic carbocycles. The van der Waals surface area contributed by atoms with Gasteiger partial charge in [-0.05, 0) is 51.4 Å². The molecule has 2 unspecified atom stereocenters. The molecule has 96 valence electrons. The van der Waals surface area contributed by atoms with Gasteiger partial charge >= 0.3 is 0 Å². The lowest BCUT2D eigenvalue weighted by molar-refractivity contribution is 0.165. The van der Waals surface area contributed by atoms with Gasteiger partial charge in [0.05, 0.1) is 0 Å². The van der Waals surface area contributed by atoms with Crippen LogP contribution in [0.1, 0.15) is 73.6 Å². The van der Waals surface area contributed by atoms with E-state index in [1.165, 1.54) is 32.1 Å². The molecule has 1 rings (SSSR count). The predicted octanol–water partition coefficient (Wildman–Crippen LogP) is 4.37. The molecule has 1 saturated carbocycles. The Bertz CT molecular complexity index is 182. The molecule has 0 radical (unpaired) electrons. The van der Waals surface area contributed by atoms with Crippen molar-refractivity contribution in [2.75, 3.05) is 0 Å². The van der Waals surface area contributed by atoms with Crippen molar-refractivity contribution < 1.29 is 0 Å².